The van der Waals surface area contributed by atoms with Crippen molar-refractivity contribution in [1.82, 2.24) is 0 Å². The highest BCUT2D eigenvalue weighted by atomic mass is 32.2. The van der Waals surface area contributed by atoms with Crippen LogP contribution in [0.1, 0.15) is 12.5 Å². The summed E-state index contributed by atoms with van der Waals surface area (Å²) in [5.74, 6) is -0.274. The largest absolute Gasteiger partial charge is 0.280 e. The van der Waals surface area contributed by atoms with E-state index in [-0.39, 0.29) is 10.8 Å². The van der Waals surface area contributed by atoms with E-state index in [0.29, 0.717) is 17.0 Å². The van der Waals surface area contributed by atoms with E-state index in [2.05, 4.69) is 5.10 Å². The smallest absolute Gasteiger partial charge is 0.267 e. The minimum atomic E-state index is -3.78. The molecule has 0 saturated heterocycles. The van der Waals surface area contributed by atoms with Gasteiger partial charge in [0, 0.05) is 0 Å². The fourth-order valence-electron chi connectivity index (χ4n) is 2.48. The zero-order valence-electron chi connectivity index (χ0n) is 14.0. The van der Waals surface area contributed by atoms with Crippen LogP contribution in [0, 0.1) is 0 Å². The van der Waals surface area contributed by atoms with Crippen LogP contribution in [0.15, 0.2) is 82.3 Å². The summed E-state index contributed by atoms with van der Waals surface area (Å²) >= 11 is 0. The lowest BCUT2D eigenvalue weighted by molar-refractivity contribution is -0.114. The Labute approximate surface area is 152 Å². The fourth-order valence-corrected chi connectivity index (χ4v) is 3.00. The maximum absolute atomic E-state index is 12.6. The van der Waals surface area contributed by atoms with Crippen molar-refractivity contribution < 1.29 is 13.2 Å². The van der Waals surface area contributed by atoms with E-state index < -0.39 is 10.0 Å². The number of carbonyl (C=O) groups excluding carboxylic acids is 1. The number of nitrogens with two attached hydrogens (primary N) is 1. The number of primary sulfonamides is 1. The summed E-state index contributed by atoms with van der Waals surface area (Å²) < 4.78 is 22.6. The average molecular weight is 367 g/mol. The van der Waals surface area contributed by atoms with E-state index >= 15 is 0 Å². The maximum atomic E-state index is 12.6. The van der Waals surface area contributed by atoms with Gasteiger partial charge in [0.15, 0.2) is 0 Å². The molecule has 7 heteroatoms. The lowest BCUT2D eigenvalue weighted by Gasteiger charge is -2.11. The molecular formula is C19H17N3O3S. The number of hydrogen-bond acceptors (Lipinski definition) is 4. The van der Waals surface area contributed by atoms with E-state index in [1.165, 1.54) is 29.3 Å². The fraction of sp³-hybridized carbons (Fsp3) is 0.0526. The van der Waals surface area contributed by atoms with Gasteiger partial charge in [0.2, 0.25) is 10.0 Å². The Morgan fingerprint density at radius 1 is 1.04 bits per heavy atom. The highest BCUT2D eigenvalue weighted by Crippen LogP contribution is 2.24. The van der Waals surface area contributed by atoms with Crippen LogP contribution in [0.5, 0.6) is 0 Å². The van der Waals surface area contributed by atoms with Gasteiger partial charge >= 0.3 is 0 Å². The lowest BCUT2D eigenvalue weighted by Crippen LogP contribution is -2.21. The Balaban J connectivity index is 1.82. The van der Waals surface area contributed by atoms with Crippen LogP contribution in [0.3, 0.4) is 0 Å². The summed E-state index contributed by atoms with van der Waals surface area (Å²) in [4.78, 5) is 12.6. The van der Waals surface area contributed by atoms with Crippen LogP contribution in [0.25, 0.3) is 6.08 Å². The lowest BCUT2D eigenvalue weighted by atomic mass is 10.1. The first kappa shape index (κ1) is 17.8. The van der Waals surface area contributed by atoms with Crippen molar-refractivity contribution in [2.45, 2.75) is 11.8 Å². The molecule has 0 aliphatic carbocycles. The number of carbonyl (C=O) groups is 1. The predicted octanol–water partition coefficient (Wildman–Crippen LogP) is 2.70. The standard InChI is InChI=1S/C19H17N3O3S/c1-14-18(9-5-8-15-6-3-2-4-7-15)19(23)22(21-14)16-10-12-17(13-11-16)26(20,24)25/h2-13H,1H3,(H2,20,24,25)/b8-5+,18-9-. The summed E-state index contributed by atoms with van der Waals surface area (Å²) in [6, 6.07) is 15.4. The van der Waals surface area contributed by atoms with E-state index in [4.69, 9.17) is 5.14 Å². The van der Waals surface area contributed by atoms with Gasteiger partial charge in [0.1, 0.15) is 0 Å². The number of allylic oxidation sites excluding steroid dienone is 2. The molecule has 2 N–H and O–H groups in total. The minimum Gasteiger partial charge on any atom is -0.267 e. The van der Waals surface area contributed by atoms with Gasteiger partial charge < -0.3 is 0 Å². The van der Waals surface area contributed by atoms with Crippen LogP contribution in [-0.2, 0) is 14.8 Å². The van der Waals surface area contributed by atoms with E-state index in [1.807, 2.05) is 36.4 Å². The molecule has 1 aliphatic heterocycles. The van der Waals surface area contributed by atoms with Gasteiger partial charge in [-0.1, -0.05) is 42.5 Å². The Morgan fingerprint density at radius 3 is 2.31 bits per heavy atom. The molecule has 6 nitrogen and oxygen atoms in total. The molecule has 0 spiro atoms. The van der Waals surface area contributed by atoms with Gasteiger partial charge in [-0.25, -0.2) is 13.6 Å². The molecule has 0 aromatic heterocycles. The molecule has 3 rings (SSSR count). The van der Waals surface area contributed by atoms with Gasteiger partial charge in [-0.2, -0.15) is 10.1 Å². The van der Waals surface area contributed by atoms with Crippen molar-refractivity contribution in [3.63, 3.8) is 0 Å². The Hall–Kier alpha value is -3.03. The number of hydrogen-bond donors (Lipinski definition) is 1. The van der Waals surface area contributed by atoms with Gasteiger partial charge in [0.25, 0.3) is 5.91 Å². The van der Waals surface area contributed by atoms with Crippen molar-refractivity contribution in [2.75, 3.05) is 5.01 Å². The first-order chi connectivity index (χ1) is 12.4. The number of benzene rings is 2. The molecule has 0 unspecified atom stereocenters. The summed E-state index contributed by atoms with van der Waals surface area (Å²) in [6.45, 7) is 1.75. The van der Waals surface area contributed by atoms with Crippen LogP contribution in [0.2, 0.25) is 0 Å². The molecule has 1 amide bonds. The van der Waals surface area contributed by atoms with Gasteiger partial charge in [-0.3, -0.25) is 4.79 Å². The second-order valence-corrected chi connectivity index (χ2v) is 7.25. The van der Waals surface area contributed by atoms with Crippen LogP contribution in [-0.4, -0.2) is 20.0 Å². The Morgan fingerprint density at radius 2 is 1.69 bits per heavy atom. The Kier molecular flexibility index (Phi) is 4.83. The minimum absolute atomic E-state index is 0.0184. The van der Waals surface area contributed by atoms with Crippen molar-refractivity contribution >= 4 is 33.4 Å². The van der Waals surface area contributed by atoms with Crippen molar-refractivity contribution in [3.05, 3.63) is 77.9 Å². The molecule has 2 aromatic rings. The summed E-state index contributed by atoms with van der Waals surface area (Å²) in [5.41, 5.74) is 2.56. The van der Waals surface area contributed by atoms with Crippen molar-refractivity contribution in [1.29, 1.82) is 0 Å². The normalized spacial score (nSPS) is 16.5. The molecule has 0 atom stereocenters. The molecule has 0 fully saturated rings. The van der Waals surface area contributed by atoms with E-state index in [0.717, 1.165) is 5.56 Å². The highest BCUT2D eigenvalue weighted by Gasteiger charge is 2.28. The van der Waals surface area contributed by atoms with Gasteiger partial charge in [0.05, 0.1) is 21.9 Å². The molecule has 2 aromatic carbocycles. The van der Waals surface area contributed by atoms with Crippen molar-refractivity contribution in [3.8, 4) is 0 Å². The first-order valence-corrected chi connectivity index (χ1v) is 9.37. The Bertz CT molecular complexity index is 1020. The molecule has 132 valence electrons. The van der Waals surface area contributed by atoms with Gasteiger partial charge in [-0.15, -0.1) is 0 Å². The highest BCUT2D eigenvalue weighted by molar-refractivity contribution is 7.89. The number of rotatable bonds is 4. The molecule has 0 saturated carbocycles. The molecule has 1 aliphatic rings. The van der Waals surface area contributed by atoms with E-state index in [9.17, 15) is 13.2 Å². The number of hydrazone groups is 1. The number of sulfonamides is 1. The maximum Gasteiger partial charge on any atom is 0.280 e. The second kappa shape index (κ2) is 7.07. The number of amides is 1. The van der Waals surface area contributed by atoms with E-state index in [1.54, 1.807) is 19.1 Å². The number of nitrogens with zero attached hydrogens (tertiary/aromatic N) is 2. The topological polar surface area (TPSA) is 92.8 Å². The third kappa shape index (κ3) is 3.79. The summed E-state index contributed by atoms with van der Waals surface area (Å²) in [7, 11) is -3.78. The predicted molar refractivity (Wildman–Crippen MR) is 102 cm³/mol. The summed E-state index contributed by atoms with van der Waals surface area (Å²) in [6.07, 6.45) is 5.42. The van der Waals surface area contributed by atoms with Crippen LogP contribution >= 0.6 is 0 Å². The van der Waals surface area contributed by atoms with Crippen molar-refractivity contribution in [2.24, 2.45) is 10.2 Å². The molecule has 1 heterocycles. The van der Waals surface area contributed by atoms with Gasteiger partial charge in [-0.05, 0) is 42.8 Å². The average Bonchev–Trinajstić information content (AvgIpc) is 2.90. The summed E-state index contributed by atoms with van der Waals surface area (Å²) in [5, 5.41) is 10.6. The van der Waals surface area contributed by atoms with Crippen LogP contribution < -0.4 is 10.1 Å². The third-order valence-corrected chi connectivity index (χ3v) is 4.75. The first-order valence-electron chi connectivity index (χ1n) is 7.82. The molecular weight excluding hydrogens is 350 g/mol. The zero-order chi connectivity index (χ0) is 18.7. The third-order valence-electron chi connectivity index (χ3n) is 3.82. The second-order valence-electron chi connectivity index (χ2n) is 5.69. The monoisotopic (exact) mass is 367 g/mol. The number of anilines is 1. The molecule has 0 bridgehead atoms. The van der Waals surface area contributed by atoms with Crippen LogP contribution in [0.4, 0.5) is 5.69 Å². The quantitative estimate of drug-likeness (QED) is 0.842. The SMILES string of the molecule is CC1=NN(c2ccc(S(N)(=O)=O)cc2)C(=O)/C1=C\C=C\c1ccccc1. The zero-order valence-corrected chi connectivity index (χ0v) is 14.8. The molecule has 26 heavy (non-hydrogen) atoms. The molecule has 0 radical (unpaired) electrons.